The Labute approximate surface area is 134 Å². The summed E-state index contributed by atoms with van der Waals surface area (Å²) in [5, 5.41) is 2.79. The fourth-order valence-corrected chi connectivity index (χ4v) is 1.44. The molecule has 0 aromatic heterocycles. The molecule has 0 unspecified atom stereocenters. The first-order valence-electron chi connectivity index (χ1n) is 8.24. The first kappa shape index (κ1) is 21.3. The normalized spacial score (nSPS) is 11.1. The molecule has 0 aromatic carbocycles. The minimum Gasteiger partial charge on any atom is -0.379 e. The zero-order valence-electron chi connectivity index (χ0n) is 14.4. The second-order valence-electron chi connectivity index (χ2n) is 5.44. The van der Waals surface area contributed by atoms with Crippen LogP contribution in [0.15, 0.2) is 0 Å². The van der Waals surface area contributed by atoms with Crippen LogP contribution in [0.25, 0.3) is 0 Å². The average Bonchev–Trinajstić information content (AvgIpc) is 2.49. The molecule has 0 aliphatic heterocycles. The minimum atomic E-state index is -0.0832. The topological polar surface area (TPSA) is 66.0 Å². The Morgan fingerprint density at radius 2 is 1.36 bits per heavy atom. The van der Waals surface area contributed by atoms with Crippen molar-refractivity contribution in [1.82, 2.24) is 5.32 Å². The zero-order chi connectivity index (χ0) is 16.5. The molecule has 0 aliphatic carbocycles. The fraction of sp³-hybridized carbons (Fsp3) is 0.938. The number of hydrogen-bond donors (Lipinski definition) is 1. The van der Waals surface area contributed by atoms with Crippen molar-refractivity contribution in [3.63, 3.8) is 0 Å². The molecule has 0 rings (SSSR count). The van der Waals surface area contributed by atoms with E-state index in [4.69, 9.17) is 18.9 Å². The highest BCUT2D eigenvalue weighted by Gasteiger charge is 2.01. The van der Waals surface area contributed by atoms with Crippen molar-refractivity contribution in [3.05, 3.63) is 0 Å². The Balaban J connectivity index is 3.09. The summed E-state index contributed by atoms with van der Waals surface area (Å²) in [7, 11) is 0. The van der Waals surface area contributed by atoms with Crippen LogP contribution in [0.1, 0.15) is 33.6 Å². The van der Waals surface area contributed by atoms with Crippen LogP contribution in [0, 0.1) is 5.92 Å². The largest absolute Gasteiger partial charge is 0.379 e. The molecular weight excluding hydrogens is 286 g/mol. The van der Waals surface area contributed by atoms with Crippen LogP contribution in [0.5, 0.6) is 0 Å². The maximum Gasteiger partial charge on any atom is 0.246 e. The van der Waals surface area contributed by atoms with Crippen molar-refractivity contribution in [2.45, 2.75) is 33.6 Å². The second kappa shape index (κ2) is 16.7. The number of rotatable bonds is 16. The lowest BCUT2D eigenvalue weighted by atomic mass is 10.2. The van der Waals surface area contributed by atoms with E-state index in [9.17, 15) is 4.79 Å². The third kappa shape index (κ3) is 17.4. The maximum atomic E-state index is 11.3. The smallest absolute Gasteiger partial charge is 0.246 e. The lowest BCUT2D eigenvalue weighted by molar-refractivity contribution is -0.126. The van der Waals surface area contributed by atoms with Gasteiger partial charge in [-0.15, -0.1) is 0 Å². The van der Waals surface area contributed by atoms with E-state index in [1.165, 1.54) is 0 Å². The van der Waals surface area contributed by atoms with Crippen molar-refractivity contribution in [2.24, 2.45) is 5.92 Å². The Hall–Kier alpha value is -0.690. The third-order valence-electron chi connectivity index (χ3n) is 2.70. The van der Waals surface area contributed by atoms with Crippen LogP contribution in [0.2, 0.25) is 0 Å². The molecule has 0 fully saturated rings. The zero-order valence-corrected chi connectivity index (χ0v) is 14.4. The van der Waals surface area contributed by atoms with E-state index in [0.717, 1.165) is 19.4 Å². The predicted octanol–water partition coefficient (Wildman–Crippen LogP) is 1.63. The highest BCUT2D eigenvalue weighted by Crippen LogP contribution is 1.89. The van der Waals surface area contributed by atoms with Gasteiger partial charge in [-0.1, -0.05) is 27.2 Å². The van der Waals surface area contributed by atoms with Crippen LogP contribution in [-0.2, 0) is 23.7 Å². The summed E-state index contributed by atoms with van der Waals surface area (Å²) in [6.07, 6.45) is 2.24. The van der Waals surface area contributed by atoms with Gasteiger partial charge in [0.05, 0.1) is 39.6 Å². The van der Waals surface area contributed by atoms with Crippen LogP contribution in [0.3, 0.4) is 0 Å². The number of carbonyl (C=O) groups excluding carboxylic acids is 1. The Morgan fingerprint density at radius 1 is 0.864 bits per heavy atom. The molecule has 0 heterocycles. The van der Waals surface area contributed by atoms with Crippen molar-refractivity contribution >= 4 is 5.91 Å². The lowest BCUT2D eigenvalue weighted by Crippen LogP contribution is -2.31. The van der Waals surface area contributed by atoms with Gasteiger partial charge in [-0.3, -0.25) is 4.79 Å². The molecule has 0 radical (unpaired) electrons. The minimum absolute atomic E-state index is 0.0832. The fourth-order valence-electron chi connectivity index (χ4n) is 1.44. The summed E-state index contributed by atoms with van der Waals surface area (Å²) < 4.78 is 21.3. The summed E-state index contributed by atoms with van der Waals surface area (Å²) in [6.45, 7) is 11.0. The molecule has 0 aliphatic rings. The summed E-state index contributed by atoms with van der Waals surface area (Å²) in [6, 6.07) is 0. The van der Waals surface area contributed by atoms with Crippen molar-refractivity contribution < 1.29 is 23.7 Å². The SMILES string of the molecule is CCCCOCCOCCOCCOCC(=O)NCC(C)C. The molecule has 0 aromatic rings. The van der Waals surface area contributed by atoms with E-state index in [1.807, 2.05) is 13.8 Å². The van der Waals surface area contributed by atoms with E-state index in [1.54, 1.807) is 0 Å². The van der Waals surface area contributed by atoms with Crippen LogP contribution in [-0.4, -0.2) is 65.3 Å². The molecule has 0 saturated carbocycles. The molecule has 6 nitrogen and oxygen atoms in total. The number of ether oxygens (including phenoxy) is 4. The highest BCUT2D eigenvalue weighted by atomic mass is 16.6. The quantitative estimate of drug-likeness (QED) is 0.438. The summed E-state index contributed by atoms with van der Waals surface area (Å²) >= 11 is 0. The highest BCUT2D eigenvalue weighted by molar-refractivity contribution is 5.77. The molecule has 132 valence electrons. The molecule has 22 heavy (non-hydrogen) atoms. The van der Waals surface area contributed by atoms with E-state index in [-0.39, 0.29) is 12.5 Å². The van der Waals surface area contributed by atoms with Crippen LogP contribution < -0.4 is 5.32 Å². The van der Waals surface area contributed by atoms with Gasteiger partial charge in [0, 0.05) is 13.2 Å². The molecule has 6 heteroatoms. The van der Waals surface area contributed by atoms with Crippen LogP contribution >= 0.6 is 0 Å². The molecule has 1 N–H and O–H groups in total. The molecule has 0 saturated heterocycles. The Bertz CT molecular complexity index is 249. The van der Waals surface area contributed by atoms with Crippen LogP contribution in [0.4, 0.5) is 0 Å². The standard InChI is InChI=1S/C16H33NO5/c1-4-5-6-19-7-8-20-9-10-21-11-12-22-14-16(18)17-13-15(2)3/h15H,4-14H2,1-3H3,(H,17,18). The van der Waals surface area contributed by atoms with Crippen molar-refractivity contribution in [1.29, 1.82) is 0 Å². The molecule has 0 bridgehead atoms. The predicted molar refractivity (Wildman–Crippen MR) is 86.0 cm³/mol. The van der Waals surface area contributed by atoms with Gasteiger partial charge >= 0.3 is 0 Å². The monoisotopic (exact) mass is 319 g/mol. The van der Waals surface area contributed by atoms with E-state index in [0.29, 0.717) is 52.1 Å². The van der Waals surface area contributed by atoms with Gasteiger partial charge in [0.1, 0.15) is 6.61 Å². The van der Waals surface area contributed by atoms with Crippen molar-refractivity contribution in [2.75, 3.05) is 59.4 Å². The second-order valence-corrected chi connectivity index (χ2v) is 5.44. The number of nitrogens with one attached hydrogen (secondary N) is 1. The summed E-state index contributed by atoms with van der Waals surface area (Å²) in [4.78, 5) is 11.3. The molecule has 0 atom stereocenters. The summed E-state index contributed by atoms with van der Waals surface area (Å²) in [5.41, 5.74) is 0. The van der Waals surface area contributed by atoms with Gasteiger partial charge in [0.2, 0.25) is 5.91 Å². The first-order chi connectivity index (χ1) is 10.7. The summed E-state index contributed by atoms with van der Waals surface area (Å²) in [5.74, 6) is 0.365. The van der Waals surface area contributed by atoms with Gasteiger partial charge in [-0.2, -0.15) is 0 Å². The van der Waals surface area contributed by atoms with E-state index < -0.39 is 0 Å². The Morgan fingerprint density at radius 3 is 1.86 bits per heavy atom. The molecule has 1 amide bonds. The van der Waals surface area contributed by atoms with E-state index in [2.05, 4.69) is 12.2 Å². The number of unbranched alkanes of at least 4 members (excludes halogenated alkanes) is 1. The first-order valence-corrected chi connectivity index (χ1v) is 8.24. The van der Waals surface area contributed by atoms with Crippen molar-refractivity contribution in [3.8, 4) is 0 Å². The van der Waals surface area contributed by atoms with Gasteiger partial charge < -0.3 is 24.3 Å². The van der Waals surface area contributed by atoms with E-state index >= 15 is 0 Å². The number of amides is 1. The van der Waals surface area contributed by atoms with Gasteiger partial charge in [-0.25, -0.2) is 0 Å². The number of hydrogen-bond acceptors (Lipinski definition) is 5. The average molecular weight is 319 g/mol. The van der Waals surface area contributed by atoms with Gasteiger partial charge in [0.25, 0.3) is 0 Å². The molecule has 0 spiro atoms. The molecular formula is C16H33NO5. The maximum absolute atomic E-state index is 11.3. The van der Waals surface area contributed by atoms with Gasteiger partial charge in [-0.05, 0) is 12.3 Å². The van der Waals surface area contributed by atoms with Gasteiger partial charge in [0.15, 0.2) is 0 Å². The number of carbonyl (C=O) groups is 1. The third-order valence-corrected chi connectivity index (χ3v) is 2.70. The Kier molecular flexibility index (Phi) is 16.2. The lowest BCUT2D eigenvalue weighted by Gasteiger charge is -2.09.